The van der Waals surface area contributed by atoms with E-state index in [0.29, 0.717) is 5.50 Å². The van der Waals surface area contributed by atoms with Gasteiger partial charge in [0.2, 0.25) is 5.50 Å². The maximum Gasteiger partial charge on any atom is 0.221 e. The van der Waals surface area contributed by atoms with Gasteiger partial charge in [-0.15, -0.1) is 0 Å². The van der Waals surface area contributed by atoms with Crippen molar-refractivity contribution in [2.24, 2.45) is 0 Å². The van der Waals surface area contributed by atoms with Crippen LogP contribution in [0.4, 0.5) is 0 Å². The van der Waals surface area contributed by atoms with Crippen molar-refractivity contribution in [3.63, 3.8) is 0 Å². The summed E-state index contributed by atoms with van der Waals surface area (Å²) in [6.07, 6.45) is 9.42. The molecular weight excluding hydrogens is 276 g/mol. The predicted molar refractivity (Wildman–Crippen MR) is 94.1 cm³/mol. The van der Waals surface area contributed by atoms with Crippen LogP contribution < -0.4 is 0 Å². The van der Waals surface area contributed by atoms with Crippen molar-refractivity contribution in [3.05, 3.63) is 67.2 Å². The third kappa shape index (κ3) is 3.60. The Morgan fingerprint density at radius 3 is 2.57 bits per heavy atom. The minimum Gasteiger partial charge on any atom is -0.291 e. The highest BCUT2D eigenvalue weighted by atomic mass is 32.2. The Kier molecular flexibility index (Phi) is 5.32. The summed E-state index contributed by atoms with van der Waals surface area (Å²) in [4.78, 5) is 2.22. The van der Waals surface area contributed by atoms with Gasteiger partial charge in [-0.05, 0) is 17.5 Å². The van der Waals surface area contributed by atoms with Crippen molar-refractivity contribution >= 4 is 17.8 Å². The number of benzene rings is 1. The molecule has 0 aromatic heterocycles. The van der Waals surface area contributed by atoms with Crippen molar-refractivity contribution < 1.29 is 4.48 Å². The van der Waals surface area contributed by atoms with Crippen LogP contribution in [-0.4, -0.2) is 28.5 Å². The van der Waals surface area contributed by atoms with Crippen LogP contribution in [0.3, 0.4) is 0 Å². The molecule has 0 spiro atoms. The molecule has 3 heteroatoms. The van der Waals surface area contributed by atoms with E-state index in [9.17, 15) is 0 Å². The van der Waals surface area contributed by atoms with Gasteiger partial charge in [-0.1, -0.05) is 62.2 Å². The number of thioether (sulfide) groups is 1. The van der Waals surface area contributed by atoms with Gasteiger partial charge in [-0.3, -0.25) is 9.38 Å². The minimum absolute atomic E-state index is 0.376. The first kappa shape index (κ1) is 15.9. The lowest BCUT2D eigenvalue weighted by molar-refractivity contribution is -0.871. The molecule has 0 fully saturated rings. The summed E-state index contributed by atoms with van der Waals surface area (Å²) in [7, 11) is 2.29. The lowest BCUT2D eigenvalue weighted by Gasteiger charge is -2.36. The molecule has 1 aromatic rings. The second kappa shape index (κ2) is 7.01. The summed E-state index contributed by atoms with van der Waals surface area (Å²) in [6.45, 7) is 11.1. The van der Waals surface area contributed by atoms with Gasteiger partial charge in [0.25, 0.3) is 0 Å². The third-order valence-electron chi connectivity index (χ3n) is 3.87. The zero-order chi connectivity index (χ0) is 15.3. The Hall–Kier alpha value is -1.45. The largest absolute Gasteiger partial charge is 0.291 e. The molecule has 112 valence electrons. The molecule has 0 bridgehead atoms. The molecule has 21 heavy (non-hydrogen) atoms. The van der Waals surface area contributed by atoms with Crippen molar-refractivity contribution in [1.29, 1.82) is 0 Å². The zero-order valence-corrected chi connectivity index (χ0v) is 13.9. The molecule has 0 saturated heterocycles. The molecule has 1 aliphatic heterocycles. The smallest absolute Gasteiger partial charge is 0.221 e. The van der Waals surface area contributed by atoms with E-state index in [0.717, 1.165) is 16.8 Å². The Morgan fingerprint density at radius 2 is 2.00 bits per heavy atom. The molecule has 2 nitrogen and oxygen atoms in total. The number of quaternary nitrogens is 1. The standard InChI is InChI=1S/C18H25N2S/c1-5-13-20(4)14-12-19(7-3)18(20)21-15-17-10-8-16(6-2)9-11-17/h6-12,14,18H,2-3,5,13,15H2,1,4H3/q+1. The molecule has 0 saturated carbocycles. The van der Waals surface area contributed by atoms with Crippen LogP contribution >= 0.6 is 11.8 Å². The molecule has 1 heterocycles. The first-order valence-electron chi connectivity index (χ1n) is 7.40. The highest BCUT2D eigenvalue weighted by Gasteiger charge is 2.38. The topological polar surface area (TPSA) is 3.24 Å². The van der Waals surface area contributed by atoms with Crippen molar-refractivity contribution in [2.45, 2.75) is 24.6 Å². The molecule has 2 unspecified atom stereocenters. The zero-order valence-electron chi connectivity index (χ0n) is 13.0. The summed E-state index contributed by atoms with van der Waals surface area (Å²) in [6, 6.07) is 8.63. The average molecular weight is 301 g/mol. The monoisotopic (exact) mass is 301 g/mol. The summed E-state index contributed by atoms with van der Waals surface area (Å²) in [5.74, 6) is 1.01. The van der Waals surface area contributed by atoms with E-state index in [-0.39, 0.29) is 0 Å². The molecule has 1 aromatic carbocycles. The lowest BCUT2D eigenvalue weighted by atomic mass is 10.1. The van der Waals surface area contributed by atoms with E-state index in [1.54, 1.807) is 0 Å². The molecular formula is C18H25N2S+. The number of hydrogen-bond acceptors (Lipinski definition) is 2. The SMILES string of the molecule is C=Cc1ccc(CSC2N(C=C)C=C[N+]2(C)CCC)cc1. The van der Waals surface area contributed by atoms with Gasteiger partial charge in [0.1, 0.15) is 6.20 Å². The quantitative estimate of drug-likeness (QED) is 0.675. The van der Waals surface area contributed by atoms with Crippen molar-refractivity contribution in [2.75, 3.05) is 13.6 Å². The van der Waals surface area contributed by atoms with E-state index in [4.69, 9.17) is 0 Å². The average Bonchev–Trinajstić information content (AvgIpc) is 2.82. The highest BCUT2D eigenvalue weighted by molar-refractivity contribution is 7.98. The van der Waals surface area contributed by atoms with Gasteiger partial charge >= 0.3 is 0 Å². The van der Waals surface area contributed by atoms with Crippen LogP contribution in [0.15, 0.2) is 56.0 Å². The number of rotatable bonds is 7. The van der Waals surface area contributed by atoms with Crippen LogP contribution in [0.1, 0.15) is 24.5 Å². The van der Waals surface area contributed by atoms with E-state index in [2.05, 4.69) is 68.7 Å². The maximum absolute atomic E-state index is 3.94. The van der Waals surface area contributed by atoms with Gasteiger partial charge in [-0.2, -0.15) is 0 Å². The summed E-state index contributed by atoms with van der Waals surface area (Å²) < 4.78 is 0.942. The fourth-order valence-electron chi connectivity index (χ4n) is 2.68. The van der Waals surface area contributed by atoms with Gasteiger partial charge in [0, 0.05) is 12.0 Å². The maximum atomic E-state index is 3.94. The molecule has 0 N–H and O–H groups in total. The van der Waals surface area contributed by atoms with Gasteiger partial charge in [-0.25, -0.2) is 0 Å². The first-order valence-corrected chi connectivity index (χ1v) is 8.45. The summed E-state index contributed by atoms with van der Waals surface area (Å²) >= 11 is 1.97. The predicted octanol–water partition coefficient (Wildman–Crippen LogP) is 4.63. The van der Waals surface area contributed by atoms with Crippen LogP contribution in [-0.2, 0) is 5.75 Å². The van der Waals surface area contributed by atoms with Crippen LogP contribution in [0.2, 0.25) is 0 Å². The van der Waals surface area contributed by atoms with Crippen LogP contribution in [0.5, 0.6) is 0 Å². The molecule has 0 amide bonds. The molecule has 0 radical (unpaired) electrons. The Bertz CT molecular complexity index is 521. The summed E-state index contributed by atoms with van der Waals surface area (Å²) in [5, 5.41) is 0. The fraction of sp³-hybridized carbons (Fsp3) is 0.333. The third-order valence-corrected chi connectivity index (χ3v) is 5.39. The summed E-state index contributed by atoms with van der Waals surface area (Å²) in [5.41, 5.74) is 2.90. The fourth-order valence-corrected chi connectivity index (χ4v) is 4.05. The molecule has 2 atom stereocenters. The lowest BCUT2D eigenvalue weighted by Crippen LogP contribution is -2.48. The van der Waals surface area contributed by atoms with E-state index in [1.165, 1.54) is 17.5 Å². The van der Waals surface area contributed by atoms with E-state index >= 15 is 0 Å². The molecule has 2 rings (SSSR count). The molecule has 1 aliphatic rings. The Balaban J connectivity index is 2.04. The highest BCUT2D eigenvalue weighted by Crippen LogP contribution is 2.34. The Labute approximate surface area is 133 Å². The van der Waals surface area contributed by atoms with Gasteiger partial charge < -0.3 is 0 Å². The van der Waals surface area contributed by atoms with Gasteiger partial charge in [0.15, 0.2) is 0 Å². The minimum atomic E-state index is 0.376. The van der Waals surface area contributed by atoms with Crippen LogP contribution in [0.25, 0.3) is 6.08 Å². The normalized spacial score (nSPS) is 24.3. The van der Waals surface area contributed by atoms with Crippen molar-refractivity contribution in [3.8, 4) is 0 Å². The number of hydrogen-bond donors (Lipinski definition) is 0. The first-order chi connectivity index (χ1) is 10.1. The van der Waals surface area contributed by atoms with Crippen molar-refractivity contribution in [1.82, 2.24) is 4.90 Å². The van der Waals surface area contributed by atoms with E-state index in [1.807, 2.05) is 24.0 Å². The van der Waals surface area contributed by atoms with Gasteiger partial charge in [0.05, 0.1) is 19.8 Å². The second-order valence-electron chi connectivity index (χ2n) is 5.58. The van der Waals surface area contributed by atoms with E-state index < -0.39 is 0 Å². The Morgan fingerprint density at radius 1 is 1.29 bits per heavy atom. The van der Waals surface area contributed by atoms with Crippen LogP contribution in [0, 0.1) is 0 Å². The second-order valence-corrected chi connectivity index (χ2v) is 6.63. The number of nitrogens with zero attached hydrogens (tertiary/aromatic N) is 2. The molecule has 0 aliphatic carbocycles.